The van der Waals surface area contributed by atoms with Gasteiger partial charge in [-0.1, -0.05) is 12.1 Å². The summed E-state index contributed by atoms with van der Waals surface area (Å²) in [7, 11) is 1.64. The van der Waals surface area contributed by atoms with Gasteiger partial charge < -0.3 is 15.4 Å². The van der Waals surface area contributed by atoms with E-state index in [1.807, 2.05) is 48.7 Å². The highest BCUT2D eigenvalue weighted by atomic mass is 32.1. The summed E-state index contributed by atoms with van der Waals surface area (Å²) < 4.78 is 5.28. The van der Waals surface area contributed by atoms with Crippen molar-refractivity contribution in [3.63, 3.8) is 0 Å². The van der Waals surface area contributed by atoms with Crippen LogP contribution in [0.1, 0.15) is 22.4 Å². The predicted octanol–water partition coefficient (Wildman–Crippen LogP) is 4.74. The number of hydrogen-bond donors (Lipinski definition) is 3. The molecule has 0 aliphatic heterocycles. The molecule has 5 aromatic rings. The lowest BCUT2D eigenvalue weighted by atomic mass is 9.87. The molecule has 1 unspecified atom stereocenters. The van der Waals surface area contributed by atoms with Gasteiger partial charge >= 0.3 is 0 Å². The van der Waals surface area contributed by atoms with Gasteiger partial charge in [-0.3, -0.25) is 9.89 Å². The molecule has 176 valence electrons. The number of ether oxygens (including phenoxy) is 1. The molecule has 0 saturated heterocycles. The van der Waals surface area contributed by atoms with Gasteiger partial charge in [0.05, 0.1) is 24.2 Å². The van der Waals surface area contributed by atoms with Crippen molar-refractivity contribution in [1.29, 1.82) is 0 Å². The van der Waals surface area contributed by atoms with E-state index in [0.29, 0.717) is 6.54 Å². The third-order valence-electron chi connectivity index (χ3n) is 6.52. The van der Waals surface area contributed by atoms with Crippen molar-refractivity contribution in [2.24, 2.45) is 5.92 Å². The summed E-state index contributed by atoms with van der Waals surface area (Å²) in [5, 5.41) is 15.7. The van der Waals surface area contributed by atoms with Gasteiger partial charge in [-0.05, 0) is 60.7 Å². The minimum atomic E-state index is -0.0472. The van der Waals surface area contributed by atoms with Gasteiger partial charge in [-0.2, -0.15) is 5.10 Å². The number of nitrogens with zero attached hydrogens (tertiary/aromatic N) is 3. The maximum atomic E-state index is 13.0. The third kappa shape index (κ3) is 4.19. The number of aromatic amines is 1. The van der Waals surface area contributed by atoms with E-state index in [2.05, 4.69) is 30.8 Å². The fourth-order valence-corrected chi connectivity index (χ4v) is 5.97. The number of rotatable bonds is 6. The lowest BCUT2D eigenvalue weighted by molar-refractivity contribution is -0.125. The van der Waals surface area contributed by atoms with Crippen molar-refractivity contribution in [2.75, 3.05) is 12.4 Å². The van der Waals surface area contributed by atoms with Crippen molar-refractivity contribution in [3.8, 4) is 5.75 Å². The maximum Gasteiger partial charge on any atom is 0.223 e. The molecule has 9 heteroatoms. The molecule has 0 fully saturated rings. The topological polar surface area (TPSA) is 105 Å². The van der Waals surface area contributed by atoms with E-state index < -0.39 is 0 Å². The number of fused-ring (bicyclic) bond motifs is 4. The van der Waals surface area contributed by atoms with Crippen LogP contribution in [0.4, 0.5) is 11.5 Å². The first-order chi connectivity index (χ1) is 17.2. The van der Waals surface area contributed by atoms with E-state index >= 15 is 0 Å². The first kappa shape index (κ1) is 21.5. The van der Waals surface area contributed by atoms with Crippen LogP contribution in [0.25, 0.3) is 21.1 Å². The number of aryl methyl sites for hydroxylation is 1. The van der Waals surface area contributed by atoms with E-state index in [4.69, 9.17) is 4.74 Å². The SMILES string of the molecule is COc1cccc(CNC(=O)C2CCc3c(sc4ncnc(Nc5ccc6[nH]ncc6c5)c34)C2)c1. The van der Waals surface area contributed by atoms with Crippen molar-refractivity contribution >= 4 is 49.9 Å². The Labute approximate surface area is 205 Å². The molecule has 0 saturated carbocycles. The molecular weight excluding hydrogens is 460 g/mol. The third-order valence-corrected chi connectivity index (χ3v) is 7.68. The number of benzene rings is 2. The van der Waals surface area contributed by atoms with Crippen LogP contribution < -0.4 is 15.4 Å². The van der Waals surface area contributed by atoms with Crippen LogP contribution in [-0.4, -0.2) is 33.2 Å². The Balaban J connectivity index is 1.20. The highest BCUT2D eigenvalue weighted by Crippen LogP contribution is 2.40. The zero-order valence-corrected chi connectivity index (χ0v) is 20.0. The van der Waals surface area contributed by atoms with Crippen LogP contribution in [0, 0.1) is 5.92 Å². The highest BCUT2D eigenvalue weighted by Gasteiger charge is 2.29. The van der Waals surface area contributed by atoms with Gasteiger partial charge in [-0.15, -0.1) is 11.3 Å². The Hall–Kier alpha value is -3.98. The molecule has 1 aliphatic rings. The summed E-state index contributed by atoms with van der Waals surface area (Å²) in [4.78, 5) is 24.2. The first-order valence-corrected chi connectivity index (χ1v) is 12.4. The number of nitrogens with one attached hydrogen (secondary N) is 3. The molecule has 0 spiro atoms. The number of aromatic nitrogens is 4. The molecule has 2 aromatic carbocycles. The fourth-order valence-electron chi connectivity index (χ4n) is 4.70. The molecular formula is C26H24N6O2S. The van der Waals surface area contributed by atoms with Crippen LogP contribution in [0.3, 0.4) is 0 Å². The monoisotopic (exact) mass is 484 g/mol. The lowest BCUT2D eigenvalue weighted by Crippen LogP contribution is -2.33. The van der Waals surface area contributed by atoms with E-state index in [1.165, 1.54) is 10.4 Å². The number of H-pyrrole nitrogens is 1. The average molecular weight is 485 g/mol. The Morgan fingerprint density at radius 2 is 2.17 bits per heavy atom. The van der Waals surface area contributed by atoms with Crippen molar-refractivity contribution in [1.82, 2.24) is 25.5 Å². The van der Waals surface area contributed by atoms with Crippen molar-refractivity contribution in [3.05, 3.63) is 71.0 Å². The minimum absolute atomic E-state index is 0.0472. The lowest BCUT2D eigenvalue weighted by Gasteiger charge is -2.22. The predicted molar refractivity (Wildman–Crippen MR) is 137 cm³/mol. The summed E-state index contributed by atoms with van der Waals surface area (Å²) in [5.41, 5.74) is 4.22. The number of methoxy groups -OCH3 is 1. The summed E-state index contributed by atoms with van der Waals surface area (Å²) in [6, 6.07) is 13.8. The summed E-state index contributed by atoms with van der Waals surface area (Å²) in [6.45, 7) is 0.492. The average Bonchev–Trinajstić information content (AvgIpc) is 3.51. The van der Waals surface area contributed by atoms with E-state index in [1.54, 1.807) is 24.8 Å². The number of amides is 1. The second kappa shape index (κ2) is 8.99. The van der Waals surface area contributed by atoms with E-state index in [0.717, 1.165) is 63.2 Å². The van der Waals surface area contributed by atoms with E-state index in [-0.39, 0.29) is 11.8 Å². The largest absolute Gasteiger partial charge is 0.497 e. The molecule has 1 atom stereocenters. The van der Waals surface area contributed by atoms with Crippen LogP contribution in [0.5, 0.6) is 5.75 Å². The van der Waals surface area contributed by atoms with Gasteiger partial charge in [0.2, 0.25) is 5.91 Å². The number of carbonyl (C=O) groups excluding carboxylic acids is 1. The van der Waals surface area contributed by atoms with Gasteiger partial charge in [0.15, 0.2) is 0 Å². The van der Waals surface area contributed by atoms with Gasteiger partial charge in [0.1, 0.15) is 22.7 Å². The molecule has 6 rings (SSSR count). The molecule has 8 nitrogen and oxygen atoms in total. The van der Waals surface area contributed by atoms with Gasteiger partial charge in [0, 0.05) is 28.4 Å². The van der Waals surface area contributed by atoms with Crippen molar-refractivity contribution < 1.29 is 9.53 Å². The molecule has 0 radical (unpaired) electrons. The number of hydrogen-bond acceptors (Lipinski definition) is 7. The Morgan fingerprint density at radius 1 is 1.23 bits per heavy atom. The number of anilines is 2. The highest BCUT2D eigenvalue weighted by molar-refractivity contribution is 7.19. The Kier molecular flexibility index (Phi) is 5.54. The second-order valence-electron chi connectivity index (χ2n) is 8.71. The maximum absolute atomic E-state index is 13.0. The molecule has 3 aromatic heterocycles. The number of carbonyl (C=O) groups is 1. The van der Waals surface area contributed by atoms with Gasteiger partial charge in [0.25, 0.3) is 0 Å². The van der Waals surface area contributed by atoms with Crippen LogP contribution in [0.15, 0.2) is 55.0 Å². The normalized spacial score (nSPS) is 15.2. The van der Waals surface area contributed by atoms with Crippen LogP contribution in [-0.2, 0) is 24.2 Å². The summed E-state index contributed by atoms with van der Waals surface area (Å²) in [5.74, 6) is 1.64. The zero-order chi connectivity index (χ0) is 23.8. The van der Waals surface area contributed by atoms with Crippen molar-refractivity contribution in [2.45, 2.75) is 25.8 Å². The van der Waals surface area contributed by atoms with E-state index in [9.17, 15) is 4.79 Å². The second-order valence-corrected chi connectivity index (χ2v) is 9.80. The Morgan fingerprint density at radius 3 is 3.09 bits per heavy atom. The summed E-state index contributed by atoms with van der Waals surface area (Å²) in [6.07, 6.45) is 5.76. The molecule has 1 aliphatic carbocycles. The molecule has 35 heavy (non-hydrogen) atoms. The minimum Gasteiger partial charge on any atom is -0.497 e. The quantitative estimate of drug-likeness (QED) is 0.322. The smallest absolute Gasteiger partial charge is 0.223 e. The summed E-state index contributed by atoms with van der Waals surface area (Å²) >= 11 is 1.67. The standard InChI is InChI=1S/C26H24N6O2S/c1-34-19-4-2-3-15(9-19)12-27-25(33)16-5-7-20-22(11-16)35-26-23(20)24(28-14-29-26)31-18-6-8-21-17(10-18)13-30-32-21/h2-4,6,8-10,13-14,16H,5,7,11-12H2,1H3,(H,27,33)(H,30,32)(H,28,29,31). The fraction of sp³-hybridized carbons (Fsp3) is 0.231. The van der Waals surface area contributed by atoms with Crippen LogP contribution in [0.2, 0.25) is 0 Å². The molecule has 0 bridgehead atoms. The molecule has 3 N–H and O–H groups in total. The van der Waals surface area contributed by atoms with Crippen LogP contribution >= 0.6 is 11.3 Å². The Bertz CT molecular complexity index is 1540. The first-order valence-electron chi connectivity index (χ1n) is 11.5. The zero-order valence-electron chi connectivity index (χ0n) is 19.2. The molecule has 3 heterocycles. The van der Waals surface area contributed by atoms with Gasteiger partial charge in [-0.25, -0.2) is 9.97 Å². The number of thiophene rings is 1. The molecule has 1 amide bonds.